The SMILES string of the molecule is CC(CC1CC2CC1C1OC21)C1CCC2(C)CC1O2. The summed E-state index contributed by atoms with van der Waals surface area (Å²) < 4.78 is 11.9. The molecule has 6 fully saturated rings. The summed E-state index contributed by atoms with van der Waals surface area (Å²) in [6.45, 7) is 4.79. The van der Waals surface area contributed by atoms with Crippen LogP contribution >= 0.6 is 0 Å². The second-order valence-electron chi connectivity index (χ2n) is 8.45. The van der Waals surface area contributed by atoms with Crippen molar-refractivity contribution in [2.24, 2.45) is 29.6 Å². The zero-order valence-electron chi connectivity index (χ0n) is 12.2. The normalized spacial score (nSPS) is 62.5. The summed E-state index contributed by atoms with van der Waals surface area (Å²) in [4.78, 5) is 0. The molecule has 3 heterocycles. The highest BCUT2D eigenvalue weighted by Gasteiger charge is 2.63. The molecule has 0 aromatic rings. The molecule has 0 aromatic heterocycles. The lowest BCUT2D eigenvalue weighted by Crippen LogP contribution is -2.57. The first kappa shape index (κ1) is 11.6. The van der Waals surface area contributed by atoms with Crippen LogP contribution < -0.4 is 0 Å². The molecule has 3 aliphatic carbocycles. The van der Waals surface area contributed by atoms with Crippen molar-refractivity contribution < 1.29 is 9.47 Å². The van der Waals surface area contributed by atoms with E-state index in [1.807, 2.05) is 0 Å². The van der Waals surface area contributed by atoms with Crippen LogP contribution in [0, 0.1) is 29.6 Å². The lowest BCUT2D eigenvalue weighted by molar-refractivity contribution is -0.256. The molecule has 0 amide bonds. The molecular weight excluding hydrogens is 236 g/mol. The second-order valence-corrected chi connectivity index (χ2v) is 8.45. The van der Waals surface area contributed by atoms with Gasteiger partial charge in [-0.1, -0.05) is 6.92 Å². The number of rotatable bonds is 3. The molecule has 6 aliphatic rings. The van der Waals surface area contributed by atoms with Crippen molar-refractivity contribution in [1.29, 1.82) is 0 Å². The Morgan fingerprint density at radius 3 is 2.74 bits per heavy atom. The Morgan fingerprint density at radius 2 is 2.11 bits per heavy atom. The fourth-order valence-electron chi connectivity index (χ4n) is 6.15. The minimum absolute atomic E-state index is 0.266. The molecule has 2 heteroatoms. The first-order valence-corrected chi connectivity index (χ1v) is 8.46. The number of ether oxygens (including phenoxy) is 2. The highest BCUT2D eigenvalue weighted by molar-refractivity contribution is 5.11. The molecule has 9 unspecified atom stereocenters. The van der Waals surface area contributed by atoms with Crippen LogP contribution in [0.15, 0.2) is 0 Å². The van der Waals surface area contributed by atoms with Gasteiger partial charge in [0.2, 0.25) is 0 Å². The van der Waals surface area contributed by atoms with E-state index in [1.165, 1.54) is 38.5 Å². The molecule has 9 atom stereocenters. The van der Waals surface area contributed by atoms with Gasteiger partial charge >= 0.3 is 0 Å². The standard InChI is InChI=1S/C17H26O2/c1-9(12-3-4-17(2)8-14(12)19-17)5-10-6-11-7-13(10)16-15(11)18-16/h9-16H,3-8H2,1-2H3. The van der Waals surface area contributed by atoms with Gasteiger partial charge in [0.05, 0.1) is 23.9 Å². The molecule has 4 bridgehead atoms. The van der Waals surface area contributed by atoms with Crippen LogP contribution in [0.4, 0.5) is 0 Å². The molecule has 6 rings (SSSR count). The van der Waals surface area contributed by atoms with Crippen LogP contribution in [0.3, 0.4) is 0 Å². The summed E-state index contributed by atoms with van der Waals surface area (Å²) in [5.74, 6) is 4.53. The van der Waals surface area contributed by atoms with Crippen molar-refractivity contribution in [2.45, 2.75) is 76.3 Å². The Kier molecular flexibility index (Phi) is 2.17. The van der Waals surface area contributed by atoms with Gasteiger partial charge in [-0.3, -0.25) is 0 Å². The van der Waals surface area contributed by atoms with E-state index >= 15 is 0 Å². The Bertz CT molecular complexity index is 395. The van der Waals surface area contributed by atoms with E-state index in [0.29, 0.717) is 18.3 Å². The first-order chi connectivity index (χ1) is 9.13. The fraction of sp³-hybridized carbons (Fsp3) is 1.00. The largest absolute Gasteiger partial charge is 0.372 e. The molecule has 3 saturated carbocycles. The number of hydrogen-bond acceptors (Lipinski definition) is 2. The first-order valence-electron chi connectivity index (χ1n) is 8.46. The zero-order chi connectivity index (χ0) is 12.8. The van der Waals surface area contributed by atoms with E-state index in [4.69, 9.17) is 9.47 Å². The third-order valence-corrected chi connectivity index (χ3v) is 7.19. The van der Waals surface area contributed by atoms with Crippen LogP contribution in [0.1, 0.15) is 52.4 Å². The summed E-state index contributed by atoms with van der Waals surface area (Å²) >= 11 is 0. The lowest BCUT2D eigenvalue weighted by Gasteiger charge is -2.56. The third kappa shape index (κ3) is 1.56. The molecule has 3 aliphatic heterocycles. The van der Waals surface area contributed by atoms with E-state index in [-0.39, 0.29) is 5.60 Å². The van der Waals surface area contributed by atoms with Crippen LogP contribution in [0.25, 0.3) is 0 Å². The van der Waals surface area contributed by atoms with Gasteiger partial charge in [-0.2, -0.15) is 0 Å². The summed E-state index contributed by atoms with van der Waals surface area (Å²) in [6.07, 6.45) is 10.4. The average molecular weight is 262 g/mol. The topological polar surface area (TPSA) is 21.8 Å². The maximum atomic E-state index is 6.13. The number of fused-ring (bicyclic) bond motifs is 7. The van der Waals surface area contributed by atoms with Crippen LogP contribution in [-0.4, -0.2) is 23.9 Å². The predicted molar refractivity (Wildman–Crippen MR) is 72.8 cm³/mol. The van der Waals surface area contributed by atoms with Crippen LogP contribution in [0.2, 0.25) is 0 Å². The minimum atomic E-state index is 0.266. The van der Waals surface area contributed by atoms with Gasteiger partial charge < -0.3 is 9.47 Å². The van der Waals surface area contributed by atoms with Crippen molar-refractivity contribution in [3.05, 3.63) is 0 Å². The summed E-state index contributed by atoms with van der Waals surface area (Å²) in [5, 5.41) is 0. The Balaban J connectivity index is 1.23. The summed E-state index contributed by atoms with van der Waals surface area (Å²) in [7, 11) is 0. The molecule has 0 radical (unpaired) electrons. The zero-order valence-corrected chi connectivity index (χ0v) is 12.2. The molecular formula is C17H26O2. The molecule has 19 heavy (non-hydrogen) atoms. The highest BCUT2D eigenvalue weighted by Crippen LogP contribution is 2.61. The summed E-state index contributed by atoms with van der Waals surface area (Å²) in [6, 6.07) is 0. The van der Waals surface area contributed by atoms with Crippen LogP contribution in [0.5, 0.6) is 0 Å². The monoisotopic (exact) mass is 262 g/mol. The van der Waals surface area contributed by atoms with Gasteiger partial charge in [0.1, 0.15) is 0 Å². The Labute approximate surface area is 116 Å². The van der Waals surface area contributed by atoms with Gasteiger partial charge in [-0.25, -0.2) is 0 Å². The van der Waals surface area contributed by atoms with Gasteiger partial charge in [-0.15, -0.1) is 0 Å². The predicted octanol–water partition coefficient (Wildman–Crippen LogP) is 3.39. The van der Waals surface area contributed by atoms with Gasteiger partial charge in [0, 0.05) is 6.42 Å². The minimum Gasteiger partial charge on any atom is -0.372 e. The quantitative estimate of drug-likeness (QED) is 0.727. The molecule has 2 nitrogen and oxygen atoms in total. The van der Waals surface area contributed by atoms with Crippen molar-refractivity contribution in [2.75, 3.05) is 0 Å². The fourth-order valence-corrected chi connectivity index (χ4v) is 6.15. The van der Waals surface area contributed by atoms with E-state index < -0.39 is 0 Å². The molecule has 106 valence electrons. The smallest absolute Gasteiger partial charge is 0.0875 e. The maximum absolute atomic E-state index is 6.13. The van der Waals surface area contributed by atoms with E-state index in [0.717, 1.165) is 29.6 Å². The Morgan fingerprint density at radius 1 is 1.26 bits per heavy atom. The van der Waals surface area contributed by atoms with Crippen molar-refractivity contribution in [1.82, 2.24) is 0 Å². The molecule has 0 N–H and O–H groups in total. The van der Waals surface area contributed by atoms with Crippen molar-refractivity contribution in [3.8, 4) is 0 Å². The highest BCUT2D eigenvalue weighted by atomic mass is 16.6. The van der Waals surface area contributed by atoms with E-state index in [9.17, 15) is 0 Å². The number of epoxide rings is 1. The lowest BCUT2D eigenvalue weighted by atomic mass is 9.66. The second kappa shape index (κ2) is 3.57. The van der Waals surface area contributed by atoms with Crippen molar-refractivity contribution in [3.63, 3.8) is 0 Å². The third-order valence-electron chi connectivity index (χ3n) is 7.19. The van der Waals surface area contributed by atoms with Crippen LogP contribution in [-0.2, 0) is 9.47 Å². The summed E-state index contributed by atoms with van der Waals surface area (Å²) in [5.41, 5.74) is 0.266. The average Bonchev–Trinajstić information content (AvgIpc) is 2.96. The molecule has 3 saturated heterocycles. The van der Waals surface area contributed by atoms with Gasteiger partial charge in [0.15, 0.2) is 0 Å². The molecule has 0 spiro atoms. The van der Waals surface area contributed by atoms with Gasteiger partial charge in [-0.05, 0) is 68.6 Å². The number of hydrogen-bond donors (Lipinski definition) is 0. The van der Waals surface area contributed by atoms with E-state index in [1.54, 1.807) is 0 Å². The maximum Gasteiger partial charge on any atom is 0.0875 e. The van der Waals surface area contributed by atoms with Gasteiger partial charge in [0.25, 0.3) is 0 Å². The molecule has 0 aromatic carbocycles. The van der Waals surface area contributed by atoms with Crippen molar-refractivity contribution >= 4 is 0 Å². The van der Waals surface area contributed by atoms with E-state index in [2.05, 4.69) is 13.8 Å². The Hall–Kier alpha value is -0.0800.